The zero-order chi connectivity index (χ0) is 13.1. The summed E-state index contributed by atoms with van der Waals surface area (Å²) in [6.45, 7) is 5.79. The SMILES string of the molecule is Cc1ccc(C)c(NC(=O)Cc2ocnc2C)c1. The molecule has 2 rings (SSSR count). The van der Waals surface area contributed by atoms with Crippen LogP contribution in [0.2, 0.25) is 0 Å². The van der Waals surface area contributed by atoms with Crippen molar-refractivity contribution in [2.24, 2.45) is 0 Å². The van der Waals surface area contributed by atoms with Crippen molar-refractivity contribution in [3.63, 3.8) is 0 Å². The quantitative estimate of drug-likeness (QED) is 0.903. The van der Waals surface area contributed by atoms with Crippen molar-refractivity contribution >= 4 is 11.6 Å². The van der Waals surface area contributed by atoms with Gasteiger partial charge in [-0.3, -0.25) is 4.79 Å². The number of nitrogens with one attached hydrogen (secondary N) is 1. The average Bonchev–Trinajstić information content (AvgIpc) is 2.70. The summed E-state index contributed by atoms with van der Waals surface area (Å²) >= 11 is 0. The molecule has 4 nitrogen and oxygen atoms in total. The van der Waals surface area contributed by atoms with Crippen molar-refractivity contribution in [2.45, 2.75) is 27.2 Å². The number of carbonyl (C=O) groups is 1. The Morgan fingerprint density at radius 2 is 2.11 bits per heavy atom. The molecule has 1 N–H and O–H groups in total. The Balaban J connectivity index is 2.08. The zero-order valence-corrected chi connectivity index (χ0v) is 10.8. The molecular weight excluding hydrogens is 228 g/mol. The molecule has 0 saturated heterocycles. The number of aromatic nitrogens is 1. The van der Waals surface area contributed by atoms with Gasteiger partial charge >= 0.3 is 0 Å². The molecule has 1 heterocycles. The van der Waals surface area contributed by atoms with Gasteiger partial charge in [0.2, 0.25) is 5.91 Å². The second-order valence-electron chi connectivity index (χ2n) is 4.40. The van der Waals surface area contributed by atoms with E-state index in [2.05, 4.69) is 10.3 Å². The van der Waals surface area contributed by atoms with Gasteiger partial charge < -0.3 is 9.73 Å². The van der Waals surface area contributed by atoms with E-state index in [0.717, 1.165) is 22.5 Å². The first kappa shape index (κ1) is 12.4. The number of amides is 1. The molecule has 18 heavy (non-hydrogen) atoms. The summed E-state index contributed by atoms with van der Waals surface area (Å²) in [7, 11) is 0. The van der Waals surface area contributed by atoms with E-state index in [0.29, 0.717) is 5.76 Å². The Hall–Kier alpha value is -2.10. The van der Waals surface area contributed by atoms with Crippen LogP contribution in [0.3, 0.4) is 0 Å². The highest BCUT2D eigenvalue weighted by Gasteiger charge is 2.11. The van der Waals surface area contributed by atoms with Crippen LogP contribution in [0, 0.1) is 20.8 Å². The van der Waals surface area contributed by atoms with Crippen LogP contribution in [0.1, 0.15) is 22.6 Å². The number of anilines is 1. The Kier molecular flexibility index (Phi) is 3.46. The minimum Gasteiger partial charge on any atom is -0.448 e. The molecule has 0 aliphatic carbocycles. The predicted molar refractivity (Wildman–Crippen MR) is 69.5 cm³/mol. The van der Waals surface area contributed by atoms with Crippen LogP contribution in [0.4, 0.5) is 5.69 Å². The van der Waals surface area contributed by atoms with Crippen LogP contribution in [0.15, 0.2) is 29.0 Å². The fourth-order valence-corrected chi connectivity index (χ4v) is 1.71. The van der Waals surface area contributed by atoms with Crippen LogP contribution in [0.25, 0.3) is 0 Å². The summed E-state index contributed by atoms with van der Waals surface area (Å²) in [6, 6.07) is 5.97. The highest BCUT2D eigenvalue weighted by atomic mass is 16.3. The lowest BCUT2D eigenvalue weighted by molar-refractivity contribution is -0.115. The van der Waals surface area contributed by atoms with E-state index in [9.17, 15) is 4.79 Å². The lowest BCUT2D eigenvalue weighted by Crippen LogP contribution is -2.15. The van der Waals surface area contributed by atoms with E-state index in [-0.39, 0.29) is 12.3 Å². The summed E-state index contributed by atoms with van der Waals surface area (Å²) in [6.07, 6.45) is 1.56. The minimum atomic E-state index is -0.0939. The first-order valence-corrected chi connectivity index (χ1v) is 5.82. The molecule has 1 aromatic carbocycles. The monoisotopic (exact) mass is 244 g/mol. The Labute approximate surface area is 106 Å². The average molecular weight is 244 g/mol. The molecule has 0 fully saturated rings. The van der Waals surface area contributed by atoms with E-state index >= 15 is 0 Å². The first-order chi connectivity index (χ1) is 8.56. The molecule has 0 aliphatic rings. The molecule has 1 amide bonds. The van der Waals surface area contributed by atoms with Gasteiger partial charge in [0.15, 0.2) is 6.39 Å². The number of hydrogen-bond donors (Lipinski definition) is 1. The maximum atomic E-state index is 11.9. The number of nitrogens with zero attached hydrogens (tertiary/aromatic N) is 1. The third-order valence-electron chi connectivity index (χ3n) is 2.83. The van der Waals surface area contributed by atoms with Crippen molar-refractivity contribution < 1.29 is 9.21 Å². The van der Waals surface area contributed by atoms with Crippen LogP contribution in [0.5, 0.6) is 0 Å². The van der Waals surface area contributed by atoms with Crippen molar-refractivity contribution in [1.82, 2.24) is 4.98 Å². The van der Waals surface area contributed by atoms with E-state index in [4.69, 9.17) is 4.42 Å². The maximum Gasteiger partial charge on any atom is 0.232 e. The number of carbonyl (C=O) groups excluding carboxylic acids is 1. The molecule has 0 spiro atoms. The minimum absolute atomic E-state index is 0.0939. The highest BCUT2D eigenvalue weighted by Crippen LogP contribution is 2.17. The number of hydrogen-bond acceptors (Lipinski definition) is 3. The van der Waals surface area contributed by atoms with Gasteiger partial charge in [-0.05, 0) is 38.0 Å². The third kappa shape index (κ3) is 2.77. The fraction of sp³-hybridized carbons (Fsp3) is 0.286. The van der Waals surface area contributed by atoms with E-state index < -0.39 is 0 Å². The lowest BCUT2D eigenvalue weighted by Gasteiger charge is -2.08. The van der Waals surface area contributed by atoms with Gasteiger partial charge in [0.1, 0.15) is 5.76 Å². The standard InChI is InChI=1S/C14H16N2O2/c1-9-4-5-10(2)12(6-9)16-14(17)7-13-11(3)15-8-18-13/h4-6,8H,7H2,1-3H3,(H,16,17). The lowest BCUT2D eigenvalue weighted by atomic mass is 10.1. The van der Waals surface area contributed by atoms with E-state index in [1.807, 2.05) is 39.0 Å². The summed E-state index contributed by atoms with van der Waals surface area (Å²) in [5.41, 5.74) is 3.76. The van der Waals surface area contributed by atoms with E-state index in [1.54, 1.807) is 0 Å². The molecule has 0 bridgehead atoms. The van der Waals surface area contributed by atoms with Gasteiger partial charge in [-0.2, -0.15) is 0 Å². The third-order valence-corrected chi connectivity index (χ3v) is 2.83. The van der Waals surface area contributed by atoms with Crippen LogP contribution in [-0.4, -0.2) is 10.9 Å². The van der Waals surface area contributed by atoms with Crippen molar-refractivity contribution in [3.05, 3.63) is 47.2 Å². The molecular formula is C14H16N2O2. The summed E-state index contributed by atoms with van der Waals surface area (Å²) in [5, 5.41) is 2.89. The molecule has 2 aromatic rings. The van der Waals surface area contributed by atoms with Crippen LogP contribution in [-0.2, 0) is 11.2 Å². The summed E-state index contributed by atoms with van der Waals surface area (Å²) in [4.78, 5) is 15.9. The van der Waals surface area contributed by atoms with Crippen LogP contribution >= 0.6 is 0 Å². The van der Waals surface area contributed by atoms with Crippen molar-refractivity contribution in [1.29, 1.82) is 0 Å². The molecule has 0 aliphatic heterocycles. The second kappa shape index (κ2) is 5.04. The Morgan fingerprint density at radius 3 is 2.78 bits per heavy atom. The summed E-state index contributed by atoms with van der Waals surface area (Å²) in [5.74, 6) is 0.515. The number of oxazole rings is 1. The van der Waals surface area contributed by atoms with Crippen LogP contribution < -0.4 is 5.32 Å². The van der Waals surface area contributed by atoms with Gasteiger partial charge in [-0.25, -0.2) is 4.98 Å². The molecule has 0 radical (unpaired) electrons. The molecule has 0 atom stereocenters. The second-order valence-corrected chi connectivity index (χ2v) is 4.40. The number of benzene rings is 1. The maximum absolute atomic E-state index is 11.9. The number of aryl methyl sites for hydroxylation is 3. The topological polar surface area (TPSA) is 55.1 Å². The molecule has 0 unspecified atom stereocenters. The smallest absolute Gasteiger partial charge is 0.232 e. The van der Waals surface area contributed by atoms with Gasteiger partial charge in [-0.15, -0.1) is 0 Å². The Bertz CT molecular complexity index is 573. The van der Waals surface area contributed by atoms with Gasteiger partial charge in [0, 0.05) is 5.69 Å². The molecule has 94 valence electrons. The summed E-state index contributed by atoms with van der Waals surface area (Å²) < 4.78 is 5.15. The van der Waals surface area contributed by atoms with Gasteiger partial charge in [-0.1, -0.05) is 12.1 Å². The van der Waals surface area contributed by atoms with Crippen molar-refractivity contribution in [2.75, 3.05) is 5.32 Å². The largest absolute Gasteiger partial charge is 0.448 e. The first-order valence-electron chi connectivity index (χ1n) is 5.82. The molecule has 4 heteroatoms. The highest BCUT2D eigenvalue weighted by molar-refractivity contribution is 5.92. The Morgan fingerprint density at radius 1 is 1.33 bits per heavy atom. The molecule has 1 aromatic heterocycles. The van der Waals surface area contributed by atoms with Crippen molar-refractivity contribution in [3.8, 4) is 0 Å². The van der Waals surface area contributed by atoms with Gasteiger partial charge in [0.05, 0.1) is 12.1 Å². The fourth-order valence-electron chi connectivity index (χ4n) is 1.71. The zero-order valence-electron chi connectivity index (χ0n) is 10.8. The predicted octanol–water partition coefficient (Wildman–Crippen LogP) is 2.78. The van der Waals surface area contributed by atoms with E-state index in [1.165, 1.54) is 6.39 Å². The van der Waals surface area contributed by atoms with Gasteiger partial charge in [0.25, 0.3) is 0 Å². The molecule has 0 saturated carbocycles. The number of rotatable bonds is 3. The normalized spacial score (nSPS) is 10.4.